The second kappa shape index (κ2) is 3.78. The molecule has 1 aliphatic carbocycles. The molecule has 3 heteroatoms. The van der Waals surface area contributed by atoms with E-state index in [-0.39, 0.29) is 0 Å². The summed E-state index contributed by atoms with van der Waals surface area (Å²) in [7, 11) is 3.54. The van der Waals surface area contributed by atoms with Crippen LogP contribution in [0.2, 0.25) is 0 Å². The molecule has 0 atom stereocenters. The molecule has 3 nitrogen and oxygen atoms in total. The molecule has 1 aliphatic rings. The zero-order valence-electron chi connectivity index (χ0n) is 8.54. The van der Waals surface area contributed by atoms with Gasteiger partial charge in [-0.3, -0.25) is 0 Å². The van der Waals surface area contributed by atoms with Crippen molar-refractivity contribution in [3.63, 3.8) is 0 Å². The third-order valence-corrected chi connectivity index (χ3v) is 2.27. The van der Waals surface area contributed by atoms with Crippen LogP contribution in [0.1, 0.15) is 12.8 Å². The number of methoxy groups -OCH3 is 1. The summed E-state index contributed by atoms with van der Waals surface area (Å²) in [5, 5.41) is 3.08. The Morgan fingerprint density at radius 2 is 2.14 bits per heavy atom. The molecule has 1 N–H and O–H groups in total. The van der Waals surface area contributed by atoms with Crippen molar-refractivity contribution in [2.75, 3.05) is 19.5 Å². The summed E-state index contributed by atoms with van der Waals surface area (Å²) in [6.07, 6.45) is 2.72. The van der Waals surface area contributed by atoms with Gasteiger partial charge in [-0.15, -0.1) is 0 Å². The number of nitrogens with one attached hydrogen (secondary N) is 1. The number of para-hydroxylation sites is 1. The van der Waals surface area contributed by atoms with E-state index in [0.29, 0.717) is 6.10 Å². The van der Waals surface area contributed by atoms with E-state index in [2.05, 4.69) is 5.32 Å². The highest BCUT2D eigenvalue weighted by atomic mass is 16.5. The lowest BCUT2D eigenvalue weighted by Gasteiger charge is -2.13. The predicted molar refractivity (Wildman–Crippen MR) is 56.2 cm³/mol. The van der Waals surface area contributed by atoms with Gasteiger partial charge in [0.15, 0.2) is 11.5 Å². The molecular weight excluding hydrogens is 178 g/mol. The fourth-order valence-corrected chi connectivity index (χ4v) is 1.38. The molecule has 2 rings (SSSR count). The van der Waals surface area contributed by atoms with Crippen molar-refractivity contribution >= 4 is 5.69 Å². The molecule has 0 heterocycles. The van der Waals surface area contributed by atoms with Gasteiger partial charge in [-0.05, 0) is 25.0 Å². The Labute approximate surface area is 84.0 Å². The average molecular weight is 193 g/mol. The first-order valence-electron chi connectivity index (χ1n) is 4.86. The number of benzene rings is 1. The highest BCUT2D eigenvalue weighted by Gasteiger charge is 2.25. The van der Waals surface area contributed by atoms with E-state index in [9.17, 15) is 0 Å². The molecule has 76 valence electrons. The van der Waals surface area contributed by atoms with E-state index in [4.69, 9.17) is 9.47 Å². The number of rotatable bonds is 4. The van der Waals surface area contributed by atoms with Gasteiger partial charge in [0.05, 0.1) is 18.9 Å². The SMILES string of the molecule is CNc1cccc(OC2CC2)c1OC. The molecule has 0 spiro atoms. The van der Waals surface area contributed by atoms with Crippen LogP contribution in [0.15, 0.2) is 18.2 Å². The number of hydrogen-bond donors (Lipinski definition) is 1. The van der Waals surface area contributed by atoms with Gasteiger partial charge >= 0.3 is 0 Å². The first-order chi connectivity index (χ1) is 6.85. The number of anilines is 1. The van der Waals surface area contributed by atoms with Gasteiger partial charge < -0.3 is 14.8 Å². The molecule has 1 aromatic rings. The fourth-order valence-electron chi connectivity index (χ4n) is 1.38. The third kappa shape index (κ3) is 1.76. The lowest BCUT2D eigenvalue weighted by molar-refractivity contribution is 0.283. The summed E-state index contributed by atoms with van der Waals surface area (Å²) in [6, 6.07) is 5.88. The Hall–Kier alpha value is -1.38. The van der Waals surface area contributed by atoms with Gasteiger partial charge in [0, 0.05) is 7.05 Å². The van der Waals surface area contributed by atoms with Gasteiger partial charge in [0.1, 0.15) is 0 Å². The summed E-state index contributed by atoms with van der Waals surface area (Å²) < 4.78 is 11.0. The van der Waals surface area contributed by atoms with Gasteiger partial charge in [-0.2, -0.15) is 0 Å². The summed E-state index contributed by atoms with van der Waals surface area (Å²) in [6.45, 7) is 0. The Morgan fingerprint density at radius 3 is 2.71 bits per heavy atom. The molecule has 1 aromatic carbocycles. The standard InChI is InChI=1S/C11H15NO2/c1-12-9-4-3-5-10(11(9)13-2)14-8-6-7-8/h3-5,8,12H,6-7H2,1-2H3. The average Bonchev–Trinajstić information content (AvgIpc) is 3.01. The predicted octanol–water partition coefficient (Wildman–Crippen LogP) is 2.28. The van der Waals surface area contributed by atoms with Crippen LogP contribution in [0.4, 0.5) is 5.69 Å². The minimum absolute atomic E-state index is 0.399. The van der Waals surface area contributed by atoms with Gasteiger partial charge in [-0.1, -0.05) is 6.07 Å². The van der Waals surface area contributed by atoms with Crippen LogP contribution in [0.5, 0.6) is 11.5 Å². The van der Waals surface area contributed by atoms with Crippen molar-refractivity contribution in [1.82, 2.24) is 0 Å². The Bertz CT molecular complexity index is 321. The van der Waals surface area contributed by atoms with Crippen molar-refractivity contribution in [3.8, 4) is 11.5 Å². The molecule has 14 heavy (non-hydrogen) atoms. The maximum atomic E-state index is 5.72. The van der Waals surface area contributed by atoms with E-state index in [1.165, 1.54) is 0 Å². The summed E-state index contributed by atoms with van der Waals surface area (Å²) in [4.78, 5) is 0. The zero-order valence-corrected chi connectivity index (χ0v) is 8.54. The topological polar surface area (TPSA) is 30.5 Å². The van der Waals surface area contributed by atoms with Crippen molar-refractivity contribution in [3.05, 3.63) is 18.2 Å². The second-order valence-electron chi connectivity index (χ2n) is 3.40. The third-order valence-electron chi connectivity index (χ3n) is 2.27. The minimum Gasteiger partial charge on any atom is -0.491 e. The van der Waals surface area contributed by atoms with E-state index in [1.807, 2.05) is 25.2 Å². The van der Waals surface area contributed by atoms with Crippen LogP contribution in [0.25, 0.3) is 0 Å². The van der Waals surface area contributed by atoms with Gasteiger partial charge in [-0.25, -0.2) is 0 Å². The highest BCUT2D eigenvalue weighted by molar-refractivity contribution is 5.62. The molecule has 0 bridgehead atoms. The molecule has 0 saturated heterocycles. The van der Waals surface area contributed by atoms with E-state index < -0.39 is 0 Å². The first-order valence-corrected chi connectivity index (χ1v) is 4.86. The Kier molecular flexibility index (Phi) is 2.48. The van der Waals surface area contributed by atoms with Crippen molar-refractivity contribution < 1.29 is 9.47 Å². The normalized spacial score (nSPS) is 15.0. The Morgan fingerprint density at radius 1 is 1.36 bits per heavy atom. The zero-order chi connectivity index (χ0) is 9.97. The van der Waals surface area contributed by atoms with Crippen LogP contribution < -0.4 is 14.8 Å². The van der Waals surface area contributed by atoms with E-state index >= 15 is 0 Å². The lowest BCUT2D eigenvalue weighted by Crippen LogP contribution is -2.00. The molecule has 0 radical (unpaired) electrons. The van der Waals surface area contributed by atoms with Crippen molar-refractivity contribution in [2.45, 2.75) is 18.9 Å². The smallest absolute Gasteiger partial charge is 0.183 e. The minimum atomic E-state index is 0.399. The molecule has 1 saturated carbocycles. The molecule has 0 unspecified atom stereocenters. The van der Waals surface area contributed by atoms with Crippen LogP contribution >= 0.6 is 0 Å². The summed E-state index contributed by atoms with van der Waals surface area (Å²) in [5.74, 6) is 1.63. The highest BCUT2D eigenvalue weighted by Crippen LogP contribution is 2.38. The molecule has 0 aliphatic heterocycles. The van der Waals surface area contributed by atoms with E-state index in [1.54, 1.807) is 7.11 Å². The summed E-state index contributed by atoms with van der Waals surface area (Å²) in [5.41, 5.74) is 0.964. The maximum Gasteiger partial charge on any atom is 0.183 e. The van der Waals surface area contributed by atoms with Gasteiger partial charge in [0.2, 0.25) is 0 Å². The lowest BCUT2D eigenvalue weighted by atomic mass is 10.2. The van der Waals surface area contributed by atoms with Gasteiger partial charge in [0.25, 0.3) is 0 Å². The number of ether oxygens (including phenoxy) is 2. The quantitative estimate of drug-likeness (QED) is 0.795. The van der Waals surface area contributed by atoms with Crippen LogP contribution in [-0.2, 0) is 0 Å². The second-order valence-corrected chi connectivity index (χ2v) is 3.40. The van der Waals surface area contributed by atoms with Crippen LogP contribution in [0.3, 0.4) is 0 Å². The fraction of sp³-hybridized carbons (Fsp3) is 0.455. The monoisotopic (exact) mass is 193 g/mol. The summed E-state index contributed by atoms with van der Waals surface area (Å²) >= 11 is 0. The van der Waals surface area contributed by atoms with Crippen LogP contribution in [-0.4, -0.2) is 20.3 Å². The molecule has 1 fully saturated rings. The number of hydrogen-bond acceptors (Lipinski definition) is 3. The largest absolute Gasteiger partial charge is 0.491 e. The molecule has 0 aromatic heterocycles. The Balaban J connectivity index is 2.26. The van der Waals surface area contributed by atoms with Crippen LogP contribution in [0, 0.1) is 0 Å². The van der Waals surface area contributed by atoms with E-state index in [0.717, 1.165) is 30.0 Å². The van der Waals surface area contributed by atoms with Crippen molar-refractivity contribution in [1.29, 1.82) is 0 Å². The molecule has 0 amide bonds. The van der Waals surface area contributed by atoms with Crippen molar-refractivity contribution in [2.24, 2.45) is 0 Å². The maximum absolute atomic E-state index is 5.72. The first kappa shape index (κ1) is 9.19. The molecular formula is C11H15NO2.